The highest BCUT2D eigenvalue weighted by Crippen LogP contribution is 2.13. The molecule has 2 nitrogen and oxygen atoms in total. The molecule has 0 aliphatic rings. The van der Waals surface area contributed by atoms with Gasteiger partial charge in [0.25, 0.3) is 0 Å². The molecule has 0 fully saturated rings. The van der Waals surface area contributed by atoms with E-state index in [1.807, 2.05) is 13.0 Å². The maximum atomic E-state index is 11.8. The Kier molecular flexibility index (Phi) is 3.81. The Morgan fingerprint density at radius 3 is 2.79 bits per heavy atom. The summed E-state index contributed by atoms with van der Waals surface area (Å²) in [6, 6.07) is 1.82. The molecular formula is C12H17NO. The van der Waals surface area contributed by atoms with Crippen molar-refractivity contribution in [2.45, 2.75) is 33.6 Å². The van der Waals surface area contributed by atoms with Crippen LogP contribution < -0.4 is 0 Å². The van der Waals surface area contributed by atoms with Crippen LogP contribution in [-0.2, 0) is 6.42 Å². The lowest BCUT2D eigenvalue weighted by molar-refractivity contribution is 0.0967. The molecule has 1 rings (SSSR count). The third-order valence-corrected chi connectivity index (χ3v) is 2.18. The van der Waals surface area contributed by atoms with Crippen LogP contribution in [0.4, 0.5) is 0 Å². The highest BCUT2D eigenvalue weighted by Gasteiger charge is 2.11. The van der Waals surface area contributed by atoms with Gasteiger partial charge in [-0.15, -0.1) is 0 Å². The topological polar surface area (TPSA) is 30.0 Å². The Balaban J connectivity index is 2.88. The van der Waals surface area contributed by atoms with Gasteiger partial charge in [-0.3, -0.25) is 9.78 Å². The molecule has 0 aliphatic carbocycles. The predicted octanol–water partition coefficient (Wildman–Crippen LogP) is 2.87. The summed E-state index contributed by atoms with van der Waals surface area (Å²) in [7, 11) is 0. The number of aryl methyl sites for hydroxylation is 1. The van der Waals surface area contributed by atoms with Crippen LogP contribution >= 0.6 is 0 Å². The van der Waals surface area contributed by atoms with Crippen LogP contribution in [0.25, 0.3) is 0 Å². The van der Waals surface area contributed by atoms with Crippen LogP contribution in [0.15, 0.2) is 18.5 Å². The average Bonchev–Trinajstić information content (AvgIpc) is 2.16. The largest absolute Gasteiger partial charge is 0.294 e. The van der Waals surface area contributed by atoms with Gasteiger partial charge in [0.2, 0.25) is 0 Å². The smallest absolute Gasteiger partial charge is 0.163 e. The molecule has 1 aromatic heterocycles. The van der Waals surface area contributed by atoms with Crippen LogP contribution in [0.5, 0.6) is 0 Å². The molecule has 0 atom stereocenters. The zero-order chi connectivity index (χ0) is 10.6. The maximum absolute atomic E-state index is 11.8. The lowest BCUT2D eigenvalue weighted by atomic mass is 9.98. The number of carbonyl (C=O) groups is 1. The molecular weight excluding hydrogens is 174 g/mol. The van der Waals surface area contributed by atoms with Crippen molar-refractivity contribution in [2.75, 3.05) is 0 Å². The summed E-state index contributed by atoms with van der Waals surface area (Å²) in [5.74, 6) is 0.652. The number of rotatable bonds is 4. The first-order valence-corrected chi connectivity index (χ1v) is 5.11. The lowest BCUT2D eigenvalue weighted by Gasteiger charge is -2.07. The molecule has 0 N–H and O–H groups in total. The summed E-state index contributed by atoms with van der Waals surface area (Å²) in [5.41, 5.74) is 1.90. The summed E-state index contributed by atoms with van der Waals surface area (Å²) < 4.78 is 0. The minimum atomic E-state index is 0.235. The molecule has 2 heteroatoms. The summed E-state index contributed by atoms with van der Waals surface area (Å²) in [5, 5.41) is 0. The molecule has 1 heterocycles. The second-order valence-corrected chi connectivity index (χ2v) is 3.91. The highest BCUT2D eigenvalue weighted by atomic mass is 16.1. The minimum Gasteiger partial charge on any atom is -0.294 e. The van der Waals surface area contributed by atoms with Gasteiger partial charge in [0, 0.05) is 24.4 Å². The molecule has 1 aromatic rings. The summed E-state index contributed by atoms with van der Waals surface area (Å²) >= 11 is 0. The fourth-order valence-electron chi connectivity index (χ4n) is 1.46. The monoisotopic (exact) mass is 191 g/mol. The predicted molar refractivity (Wildman–Crippen MR) is 57.4 cm³/mol. The van der Waals surface area contributed by atoms with E-state index in [1.165, 1.54) is 0 Å². The standard InChI is InChI=1S/C12H17NO/c1-4-10-8-13-6-5-11(10)12(14)7-9(2)3/h5-6,8-9H,4,7H2,1-3H3. The van der Waals surface area contributed by atoms with E-state index in [0.717, 1.165) is 17.5 Å². The summed E-state index contributed by atoms with van der Waals surface area (Å²) in [6.07, 6.45) is 4.96. The van der Waals surface area contributed by atoms with Gasteiger partial charge in [-0.05, 0) is 24.0 Å². The zero-order valence-electron chi connectivity index (χ0n) is 9.08. The van der Waals surface area contributed by atoms with Gasteiger partial charge in [-0.2, -0.15) is 0 Å². The van der Waals surface area contributed by atoms with Crippen molar-refractivity contribution in [1.82, 2.24) is 4.98 Å². The van der Waals surface area contributed by atoms with E-state index in [0.29, 0.717) is 12.3 Å². The Labute approximate surface area is 85.4 Å². The van der Waals surface area contributed by atoms with Crippen LogP contribution in [0.2, 0.25) is 0 Å². The van der Waals surface area contributed by atoms with Crippen LogP contribution in [0.1, 0.15) is 43.1 Å². The van der Waals surface area contributed by atoms with Gasteiger partial charge >= 0.3 is 0 Å². The van der Waals surface area contributed by atoms with E-state index in [9.17, 15) is 4.79 Å². The minimum absolute atomic E-state index is 0.235. The van der Waals surface area contributed by atoms with Crippen LogP contribution in [0, 0.1) is 5.92 Å². The molecule has 0 unspecified atom stereocenters. The lowest BCUT2D eigenvalue weighted by Crippen LogP contribution is -2.06. The molecule has 0 spiro atoms. The molecule has 0 bridgehead atoms. The quantitative estimate of drug-likeness (QED) is 0.685. The number of aromatic nitrogens is 1. The Hall–Kier alpha value is -1.18. The number of hydrogen-bond acceptors (Lipinski definition) is 2. The van der Waals surface area contributed by atoms with Crippen molar-refractivity contribution < 1.29 is 4.79 Å². The van der Waals surface area contributed by atoms with Gasteiger partial charge in [0.15, 0.2) is 5.78 Å². The highest BCUT2D eigenvalue weighted by molar-refractivity contribution is 5.97. The second-order valence-electron chi connectivity index (χ2n) is 3.91. The molecule has 0 aliphatic heterocycles. The first-order chi connectivity index (χ1) is 6.65. The van der Waals surface area contributed by atoms with Gasteiger partial charge in [0.1, 0.15) is 0 Å². The van der Waals surface area contributed by atoms with E-state index in [2.05, 4.69) is 18.8 Å². The van der Waals surface area contributed by atoms with Crippen molar-refractivity contribution in [3.05, 3.63) is 29.6 Å². The van der Waals surface area contributed by atoms with Gasteiger partial charge in [-0.1, -0.05) is 20.8 Å². The maximum Gasteiger partial charge on any atom is 0.163 e. The van der Waals surface area contributed by atoms with Crippen molar-refractivity contribution in [3.63, 3.8) is 0 Å². The van der Waals surface area contributed by atoms with E-state index in [1.54, 1.807) is 12.4 Å². The number of pyridine rings is 1. The Morgan fingerprint density at radius 1 is 1.50 bits per heavy atom. The third-order valence-electron chi connectivity index (χ3n) is 2.18. The average molecular weight is 191 g/mol. The van der Waals surface area contributed by atoms with Gasteiger partial charge < -0.3 is 0 Å². The Morgan fingerprint density at radius 2 is 2.21 bits per heavy atom. The summed E-state index contributed by atoms with van der Waals surface area (Å²) in [6.45, 7) is 6.17. The first kappa shape index (κ1) is 10.9. The number of carbonyl (C=O) groups excluding carboxylic acids is 1. The summed E-state index contributed by atoms with van der Waals surface area (Å²) in [4.78, 5) is 15.8. The van der Waals surface area contributed by atoms with Crippen LogP contribution in [0.3, 0.4) is 0 Å². The first-order valence-electron chi connectivity index (χ1n) is 5.11. The van der Waals surface area contributed by atoms with E-state index >= 15 is 0 Å². The molecule has 0 saturated carbocycles. The molecule has 76 valence electrons. The SMILES string of the molecule is CCc1cnccc1C(=O)CC(C)C. The van der Waals surface area contributed by atoms with Crippen molar-refractivity contribution in [3.8, 4) is 0 Å². The van der Waals surface area contributed by atoms with Crippen molar-refractivity contribution in [2.24, 2.45) is 5.92 Å². The van der Waals surface area contributed by atoms with Crippen molar-refractivity contribution in [1.29, 1.82) is 0 Å². The molecule has 0 saturated heterocycles. The third kappa shape index (κ3) is 2.66. The molecule has 0 radical (unpaired) electrons. The molecule has 14 heavy (non-hydrogen) atoms. The van der Waals surface area contributed by atoms with E-state index < -0.39 is 0 Å². The Bertz CT molecular complexity index is 318. The van der Waals surface area contributed by atoms with Gasteiger partial charge in [0.05, 0.1) is 0 Å². The van der Waals surface area contributed by atoms with E-state index in [-0.39, 0.29) is 5.78 Å². The van der Waals surface area contributed by atoms with E-state index in [4.69, 9.17) is 0 Å². The van der Waals surface area contributed by atoms with Crippen molar-refractivity contribution >= 4 is 5.78 Å². The van der Waals surface area contributed by atoms with Gasteiger partial charge in [-0.25, -0.2) is 0 Å². The number of nitrogens with zero attached hydrogens (tertiary/aromatic N) is 1. The second kappa shape index (κ2) is 4.89. The van der Waals surface area contributed by atoms with Crippen LogP contribution in [-0.4, -0.2) is 10.8 Å². The number of Topliss-reactive ketones (excluding diaryl/α,β-unsaturated/α-hetero) is 1. The normalized spacial score (nSPS) is 10.6. The fourth-order valence-corrected chi connectivity index (χ4v) is 1.46. The fraction of sp³-hybridized carbons (Fsp3) is 0.500. The molecule has 0 aromatic carbocycles. The zero-order valence-corrected chi connectivity index (χ0v) is 9.08. The molecule has 0 amide bonds. The number of hydrogen-bond donors (Lipinski definition) is 0. The number of ketones is 1.